The molecule has 0 radical (unpaired) electrons. The molecule has 2 aromatic rings. The molecule has 0 amide bonds. The molecule has 78 valence electrons. The molecule has 0 aliphatic carbocycles. The second-order valence-corrected chi connectivity index (χ2v) is 3.46. The summed E-state index contributed by atoms with van der Waals surface area (Å²) >= 11 is 5.66. The van der Waals surface area contributed by atoms with E-state index in [-0.39, 0.29) is 5.28 Å². The summed E-state index contributed by atoms with van der Waals surface area (Å²) < 4.78 is 5.43. The Labute approximate surface area is 91.5 Å². The van der Waals surface area contributed by atoms with Crippen molar-refractivity contribution in [2.45, 2.75) is 13.8 Å². The summed E-state index contributed by atoms with van der Waals surface area (Å²) in [5.41, 5.74) is 1.72. The Bertz CT molecular complexity index is 483. The molecule has 15 heavy (non-hydrogen) atoms. The molecule has 2 aromatic heterocycles. The summed E-state index contributed by atoms with van der Waals surface area (Å²) in [7, 11) is 0. The number of nitrogens with one attached hydrogen (secondary N) is 1. The van der Waals surface area contributed by atoms with Gasteiger partial charge in [-0.2, -0.15) is 4.98 Å². The van der Waals surface area contributed by atoms with Crippen LogP contribution in [0.1, 0.15) is 11.3 Å². The first-order valence-corrected chi connectivity index (χ1v) is 4.72. The number of ether oxygens (including phenoxy) is 1. The van der Waals surface area contributed by atoms with Crippen molar-refractivity contribution in [3.05, 3.63) is 28.8 Å². The van der Waals surface area contributed by atoms with E-state index in [9.17, 15) is 0 Å². The van der Waals surface area contributed by atoms with Gasteiger partial charge in [0, 0.05) is 23.5 Å². The number of H-pyrrole nitrogens is 1. The smallest absolute Gasteiger partial charge is 0.240 e. The number of hydrogen-bond donors (Lipinski definition) is 1. The lowest BCUT2D eigenvalue weighted by molar-refractivity contribution is 0.438. The molecule has 0 aliphatic heterocycles. The molecule has 0 aliphatic rings. The fourth-order valence-electron chi connectivity index (χ4n) is 1.05. The summed E-state index contributed by atoms with van der Waals surface area (Å²) in [6.45, 7) is 3.73. The molecular formula is C9H9ClN4O. The fourth-order valence-corrected chi connectivity index (χ4v) is 1.18. The van der Waals surface area contributed by atoms with Crippen LogP contribution in [0, 0.1) is 13.8 Å². The molecule has 2 heterocycles. The minimum absolute atomic E-state index is 0.155. The predicted molar refractivity (Wildman–Crippen MR) is 55.2 cm³/mol. The van der Waals surface area contributed by atoms with E-state index in [2.05, 4.69) is 20.2 Å². The highest BCUT2D eigenvalue weighted by Crippen LogP contribution is 2.21. The first-order chi connectivity index (χ1) is 7.15. The monoisotopic (exact) mass is 224 g/mol. The third-order valence-corrected chi connectivity index (χ3v) is 1.96. The molecule has 0 bridgehead atoms. The van der Waals surface area contributed by atoms with Crippen molar-refractivity contribution in [1.29, 1.82) is 0 Å². The maximum Gasteiger partial charge on any atom is 0.240 e. The van der Waals surface area contributed by atoms with Crippen molar-refractivity contribution in [2.75, 3.05) is 0 Å². The third-order valence-electron chi connectivity index (χ3n) is 1.78. The van der Waals surface area contributed by atoms with Crippen molar-refractivity contribution in [1.82, 2.24) is 20.2 Å². The highest BCUT2D eigenvalue weighted by molar-refractivity contribution is 6.28. The van der Waals surface area contributed by atoms with Gasteiger partial charge in [0.2, 0.25) is 17.0 Å². The van der Waals surface area contributed by atoms with Crippen molar-refractivity contribution >= 4 is 11.6 Å². The summed E-state index contributed by atoms with van der Waals surface area (Å²) in [5, 5.41) is 6.86. The molecule has 5 nitrogen and oxygen atoms in total. The van der Waals surface area contributed by atoms with Gasteiger partial charge >= 0.3 is 0 Å². The van der Waals surface area contributed by atoms with Gasteiger partial charge in [-0.1, -0.05) is 0 Å². The quantitative estimate of drug-likeness (QED) is 0.795. The van der Waals surface area contributed by atoms with Crippen LogP contribution in [0.2, 0.25) is 5.28 Å². The van der Waals surface area contributed by atoms with Gasteiger partial charge in [0.15, 0.2) is 0 Å². The fraction of sp³-hybridized carbons (Fsp3) is 0.222. The summed E-state index contributed by atoms with van der Waals surface area (Å²) in [4.78, 5) is 7.79. The predicted octanol–water partition coefficient (Wildman–Crippen LogP) is 2.26. The van der Waals surface area contributed by atoms with Crippen LogP contribution >= 0.6 is 11.6 Å². The van der Waals surface area contributed by atoms with Gasteiger partial charge in [-0.15, -0.1) is 5.10 Å². The molecule has 2 rings (SSSR count). The Morgan fingerprint density at radius 1 is 1.40 bits per heavy atom. The number of aromatic amines is 1. The van der Waals surface area contributed by atoms with E-state index >= 15 is 0 Å². The van der Waals surface area contributed by atoms with Crippen LogP contribution in [0.3, 0.4) is 0 Å². The van der Waals surface area contributed by atoms with Crippen LogP contribution < -0.4 is 4.74 Å². The van der Waals surface area contributed by atoms with Gasteiger partial charge in [-0.3, -0.25) is 5.10 Å². The molecule has 1 N–H and O–H groups in total. The number of aryl methyl sites for hydroxylation is 2. The van der Waals surface area contributed by atoms with E-state index in [0.717, 1.165) is 11.3 Å². The van der Waals surface area contributed by atoms with Crippen molar-refractivity contribution in [2.24, 2.45) is 0 Å². The van der Waals surface area contributed by atoms with Gasteiger partial charge < -0.3 is 4.74 Å². The Balaban J connectivity index is 2.27. The van der Waals surface area contributed by atoms with Crippen LogP contribution in [0.15, 0.2) is 12.3 Å². The van der Waals surface area contributed by atoms with Gasteiger partial charge in [-0.05, 0) is 25.4 Å². The summed E-state index contributed by atoms with van der Waals surface area (Å²) in [6, 6.07) is 1.77. The van der Waals surface area contributed by atoms with E-state index in [0.29, 0.717) is 11.8 Å². The Hall–Kier alpha value is -1.62. The Morgan fingerprint density at radius 3 is 2.87 bits per heavy atom. The molecule has 6 heteroatoms. The molecule has 0 unspecified atom stereocenters. The first kappa shape index (κ1) is 9.92. The Kier molecular flexibility index (Phi) is 2.55. The van der Waals surface area contributed by atoms with Crippen molar-refractivity contribution in [3.8, 4) is 11.8 Å². The molecule has 0 aromatic carbocycles. The van der Waals surface area contributed by atoms with Gasteiger partial charge in [-0.25, -0.2) is 4.98 Å². The third kappa shape index (κ3) is 2.24. The normalized spacial score (nSPS) is 10.3. The molecular weight excluding hydrogens is 216 g/mol. The van der Waals surface area contributed by atoms with E-state index in [1.165, 1.54) is 0 Å². The van der Waals surface area contributed by atoms with E-state index < -0.39 is 0 Å². The second kappa shape index (κ2) is 3.86. The highest BCUT2D eigenvalue weighted by atomic mass is 35.5. The number of rotatable bonds is 2. The number of halogens is 1. The second-order valence-electron chi connectivity index (χ2n) is 3.12. The van der Waals surface area contributed by atoms with Crippen LogP contribution in [-0.4, -0.2) is 20.2 Å². The summed E-state index contributed by atoms with van der Waals surface area (Å²) in [6.07, 6.45) is 1.60. The zero-order valence-corrected chi connectivity index (χ0v) is 9.04. The van der Waals surface area contributed by atoms with E-state index in [1.807, 2.05) is 13.8 Å². The van der Waals surface area contributed by atoms with Crippen molar-refractivity contribution in [3.63, 3.8) is 0 Å². The average molecular weight is 225 g/mol. The largest absolute Gasteiger partial charge is 0.419 e. The van der Waals surface area contributed by atoms with Crippen LogP contribution in [0.5, 0.6) is 11.8 Å². The van der Waals surface area contributed by atoms with E-state index in [1.54, 1.807) is 12.3 Å². The standard InChI is InChI=1S/C9H9ClN4O/c1-5-4-11-9(10)12-8(5)15-7-3-6(2)13-14-7/h3-4H,1-2H3,(H,13,14). The molecule has 0 fully saturated rings. The zero-order valence-electron chi connectivity index (χ0n) is 8.28. The highest BCUT2D eigenvalue weighted by Gasteiger charge is 2.06. The average Bonchev–Trinajstić information content (AvgIpc) is 2.58. The number of nitrogens with zero attached hydrogens (tertiary/aromatic N) is 3. The Morgan fingerprint density at radius 2 is 2.20 bits per heavy atom. The molecule has 0 atom stereocenters. The number of hydrogen-bond acceptors (Lipinski definition) is 4. The maximum absolute atomic E-state index is 5.66. The first-order valence-electron chi connectivity index (χ1n) is 4.34. The SMILES string of the molecule is Cc1cc(Oc2nc(Cl)ncc2C)n[nH]1. The lowest BCUT2D eigenvalue weighted by atomic mass is 10.4. The number of aromatic nitrogens is 4. The van der Waals surface area contributed by atoms with Crippen LogP contribution in [0.25, 0.3) is 0 Å². The van der Waals surface area contributed by atoms with Crippen LogP contribution in [0.4, 0.5) is 0 Å². The molecule has 0 saturated carbocycles. The lowest BCUT2D eigenvalue weighted by Gasteiger charge is -2.03. The van der Waals surface area contributed by atoms with Crippen molar-refractivity contribution < 1.29 is 4.74 Å². The van der Waals surface area contributed by atoms with Gasteiger partial charge in [0.25, 0.3) is 0 Å². The molecule has 0 spiro atoms. The van der Waals surface area contributed by atoms with Gasteiger partial charge in [0.05, 0.1) is 0 Å². The summed E-state index contributed by atoms with van der Waals surface area (Å²) in [5.74, 6) is 0.881. The minimum atomic E-state index is 0.155. The topological polar surface area (TPSA) is 63.7 Å². The van der Waals surface area contributed by atoms with Gasteiger partial charge in [0.1, 0.15) is 0 Å². The van der Waals surface area contributed by atoms with E-state index in [4.69, 9.17) is 16.3 Å². The molecule has 0 saturated heterocycles. The maximum atomic E-state index is 5.66. The minimum Gasteiger partial charge on any atom is -0.419 e. The lowest BCUT2D eigenvalue weighted by Crippen LogP contribution is -1.93. The zero-order chi connectivity index (χ0) is 10.8. The van der Waals surface area contributed by atoms with Crippen LogP contribution in [-0.2, 0) is 0 Å².